The van der Waals surface area contributed by atoms with E-state index in [1.807, 2.05) is 44.2 Å². The van der Waals surface area contributed by atoms with Gasteiger partial charge in [0.15, 0.2) is 0 Å². The molecule has 3 rings (SSSR count). The van der Waals surface area contributed by atoms with E-state index in [1.54, 1.807) is 31.2 Å². The number of nitrogens with one attached hydrogen (secondary N) is 2. The van der Waals surface area contributed by atoms with E-state index in [9.17, 15) is 14.7 Å². The molecule has 0 bridgehead atoms. The van der Waals surface area contributed by atoms with Gasteiger partial charge in [-0.1, -0.05) is 89.6 Å². The molecule has 1 heterocycles. The zero-order valence-corrected chi connectivity index (χ0v) is 25.6. The second-order valence-corrected chi connectivity index (χ2v) is 10.7. The molecule has 222 valence electrons. The summed E-state index contributed by atoms with van der Waals surface area (Å²) in [6.07, 6.45) is 20.9. The number of carboxylic acid groups (broad SMARTS) is 1. The van der Waals surface area contributed by atoms with Crippen LogP contribution in [-0.2, 0) is 14.3 Å². The third-order valence-electron chi connectivity index (χ3n) is 7.03. The molecular formula is C35H41ClN2O4. The molecule has 0 fully saturated rings. The van der Waals surface area contributed by atoms with Gasteiger partial charge in [-0.25, -0.2) is 4.79 Å². The number of rotatable bonds is 13. The molecule has 0 saturated heterocycles. The number of dihydropyridines is 1. The van der Waals surface area contributed by atoms with Crippen molar-refractivity contribution in [3.8, 4) is 0 Å². The number of carbonyl (C=O) groups is 2. The van der Waals surface area contributed by atoms with E-state index in [0.29, 0.717) is 34.2 Å². The summed E-state index contributed by atoms with van der Waals surface area (Å²) in [5.41, 5.74) is 5.64. The van der Waals surface area contributed by atoms with Gasteiger partial charge in [-0.2, -0.15) is 0 Å². The molecule has 1 unspecified atom stereocenters. The van der Waals surface area contributed by atoms with Gasteiger partial charge in [0, 0.05) is 23.9 Å². The Bertz CT molecular complexity index is 1410. The first-order valence-electron chi connectivity index (χ1n) is 14.3. The smallest absolute Gasteiger partial charge is 0.334 e. The minimum atomic E-state index is -1.10. The van der Waals surface area contributed by atoms with Gasteiger partial charge in [-0.3, -0.25) is 4.79 Å². The maximum atomic E-state index is 13.8. The molecule has 0 radical (unpaired) electrons. The van der Waals surface area contributed by atoms with E-state index in [0.717, 1.165) is 24.8 Å². The van der Waals surface area contributed by atoms with E-state index >= 15 is 0 Å². The Hall–Kier alpha value is -3.87. The number of hydrogen-bond donors (Lipinski definition) is 3. The average Bonchev–Trinajstić information content (AvgIpc) is 3.17. The monoisotopic (exact) mass is 588 g/mol. The minimum absolute atomic E-state index is 0.0998. The highest BCUT2D eigenvalue weighted by Gasteiger charge is 2.37. The Kier molecular flexibility index (Phi) is 12.9. The SMILES string of the molecule is C\C=C/C(/C=C/CNC(=O)C1=C(COCCCC2=CC(C)=CC=CC2)NC(C)=C(C(=O)O)C1c1cccc(Cl)c1)=C\C. The first-order chi connectivity index (χ1) is 20.2. The van der Waals surface area contributed by atoms with Gasteiger partial charge < -0.3 is 20.5 Å². The topological polar surface area (TPSA) is 87.7 Å². The molecule has 3 N–H and O–H groups in total. The highest BCUT2D eigenvalue weighted by molar-refractivity contribution is 6.30. The lowest BCUT2D eigenvalue weighted by Crippen LogP contribution is -2.38. The predicted octanol–water partition coefficient (Wildman–Crippen LogP) is 7.46. The highest BCUT2D eigenvalue weighted by atomic mass is 35.5. The van der Waals surface area contributed by atoms with Crippen molar-refractivity contribution in [1.29, 1.82) is 0 Å². The molecule has 2 aliphatic rings. The Morgan fingerprint density at radius 1 is 1.19 bits per heavy atom. The van der Waals surface area contributed by atoms with Crippen molar-refractivity contribution in [2.24, 2.45) is 0 Å². The van der Waals surface area contributed by atoms with Gasteiger partial charge in [0.05, 0.1) is 29.4 Å². The van der Waals surface area contributed by atoms with E-state index in [1.165, 1.54) is 11.1 Å². The summed E-state index contributed by atoms with van der Waals surface area (Å²) in [6.45, 7) is 8.61. The molecule has 0 spiro atoms. The third kappa shape index (κ3) is 9.33. The summed E-state index contributed by atoms with van der Waals surface area (Å²) >= 11 is 6.31. The highest BCUT2D eigenvalue weighted by Crippen LogP contribution is 2.39. The van der Waals surface area contributed by atoms with Gasteiger partial charge in [-0.05, 0) is 70.2 Å². The number of aliphatic carboxylic acids is 1. The number of benzene rings is 1. The largest absolute Gasteiger partial charge is 0.478 e. The maximum Gasteiger partial charge on any atom is 0.334 e. The van der Waals surface area contributed by atoms with Crippen LogP contribution in [0.1, 0.15) is 58.4 Å². The fraction of sp³-hybridized carbons (Fsp3) is 0.314. The van der Waals surface area contributed by atoms with E-state index in [-0.39, 0.29) is 24.6 Å². The summed E-state index contributed by atoms with van der Waals surface area (Å²) in [5.74, 6) is -2.29. The number of amides is 1. The van der Waals surface area contributed by atoms with Crippen molar-refractivity contribution in [2.75, 3.05) is 19.8 Å². The van der Waals surface area contributed by atoms with Crippen molar-refractivity contribution in [3.05, 3.63) is 129 Å². The Balaban J connectivity index is 1.85. The zero-order chi connectivity index (χ0) is 30.5. The quantitative estimate of drug-likeness (QED) is 0.164. The first-order valence-corrected chi connectivity index (χ1v) is 14.7. The van der Waals surface area contributed by atoms with Gasteiger partial charge >= 0.3 is 5.97 Å². The van der Waals surface area contributed by atoms with Crippen LogP contribution in [0.4, 0.5) is 0 Å². The summed E-state index contributed by atoms with van der Waals surface area (Å²) in [5, 5.41) is 16.8. The molecule has 0 aromatic heterocycles. The normalized spacial score (nSPS) is 17.8. The van der Waals surface area contributed by atoms with Crippen LogP contribution >= 0.6 is 11.6 Å². The van der Waals surface area contributed by atoms with E-state index in [4.69, 9.17) is 16.3 Å². The minimum Gasteiger partial charge on any atom is -0.478 e. The molecule has 1 aromatic rings. The molecule has 1 amide bonds. The van der Waals surface area contributed by atoms with Crippen LogP contribution in [0.3, 0.4) is 0 Å². The second-order valence-electron chi connectivity index (χ2n) is 10.3. The lowest BCUT2D eigenvalue weighted by molar-refractivity contribution is -0.133. The summed E-state index contributed by atoms with van der Waals surface area (Å²) in [6, 6.07) is 6.99. The van der Waals surface area contributed by atoms with Crippen LogP contribution < -0.4 is 10.6 Å². The molecule has 1 aromatic carbocycles. The predicted molar refractivity (Wildman–Crippen MR) is 171 cm³/mol. The van der Waals surface area contributed by atoms with Crippen LogP contribution in [0.25, 0.3) is 0 Å². The van der Waals surface area contributed by atoms with Crippen LogP contribution in [0.5, 0.6) is 0 Å². The summed E-state index contributed by atoms with van der Waals surface area (Å²) in [4.78, 5) is 26.2. The molecular weight excluding hydrogens is 548 g/mol. The van der Waals surface area contributed by atoms with E-state index < -0.39 is 11.9 Å². The van der Waals surface area contributed by atoms with Crippen molar-refractivity contribution in [1.82, 2.24) is 10.6 Å². The number of allylic oxidation sites excluding steroid dienone is 12. The Labute approximate surface area is 254 Å². The van der Waals surface area contributed by atoms with Crippen LogP contribution in [0.15, 0.2) is 118 Å². The molecule has 1 aliphatic heterocycles. The third-order valence-corrected chi connectivity index (χ3v) is 7.26. The fourth-order valence-electron chi connectivity index (χ4n) is 5.08. The van der Waals surface area contributed by atoms with Crippen molar-refractivity contribution in [3.63, 3.8) is 0 Å². The lowest BCUT2D eigenvalue weighted by atomic mass is 9.80. The summed E-state index contributed by atoms with van der Waals surface area (Å²) in [7, 11) is 0. The fourth-order valence-corrected chi connectivity index (χ4v) is 5.28. The lowest BCUT2D eigenvalue weighted by Gasteiger charge is -2.31. The van der Waals surface area contributed by atoms with Crippen molar-refractivity contribution >= 4 is 23.5 Å². The molecule has 0 saturated carbocycles. The van der Waals surface area contributed by atoms with E-state index in [2.05, 4.69) is 41.9 Å². The van der Waals surface area contributed by atoms with Crippen molar-refractivity contribution in [2.45, 2.75) is 52.9 Å². The average molecular weight is 589 g/mol. The first kappa shape index (κ1) is 32.6. The molecule has 7 heteroatoms. The Morgan fingerprint density at radius 2 is 2.00 bits per heavy atom. The number of ether oxygens (including phenoxy) is 1. The van der Waals surface area contributed by atoms with Crippen LogP contribution in [-0.4, -0.2) is 36.7 Å². The Morgan fingerprint density at radius 3 is 2.71 bits per heavy atom. The molecule has 42 heavy (non-hydrogen) atoms. The van der Waals surface area contributed by atoms with Gasteiger partial charge in [0.1, 0.15) is 0 Å². The number of halogens is 1. The van der Waals surface area contributed by atoms with Gasteiger partial charge in [0.2, 0.25) is 5.91 Å². The second kappa shape index (κ2) is 16.5. The number of hydrogen-bond acceptors (Lipinski definition) is 4. The van der Waals surface area contributed by atoms with Crippen molar-refractivity contribution < 1.29 is 19.4 Å². The van der Waals surface area contributed by atoms with Gasteiger partial charge in [0.25, 0.3) is 0 Å². The molecule has 1 atom stereocenters. The van der Waals surface area contributed by atoms with Crippen LogP contribution in [0, 0.1) is 0 Å². The number of carbonyl (C=O) groups excluding carboxylic acids is 1. The number of carboxylic acids is 1. The molecule has 6 nitrogen and oxygen atoms in total. The van der Waals surface area contributed by atoms with Crippen LogP contribution in [0.2, 0.25) is 5.02 Å². The summed E-state index contributed by atoms with van der Waals surface area (Å²) < 4.78 is 6.07. The molecule has 1 aliphatic carbocycles. The van der Waals surface area contributed by atoms with Gasteiger partial charge in [-0.15, -0.1) is 0 Å². The standard InChI is InChI=1S/C35H41ClN2O4/c1-5-12-26(6-2)15-10-19-37-34(39)33-30(23-42-20-11-16-27-14-8-7-13-24(3)21-27)38-25(4)31(35(40)41)32(33)28-17-9-18-29(36)22-28/h5-10,12-13,15,17-18,21-22,32,38H,11,14,16,19-20,23H2,1-4H3,(H,37,39)(H,40,41)/b12-5-,15-10+,26-6+. The zero-order valence-electron chi connectivity index (χ0n) is 24.9. The maximum absolute atomic E-state index is 13.8.